The molecule has 10 heteroatoms. The zero-order chi connectivity index (χ0) is 29.4. The molecule has 0 amide bonds. The summed E-state index contributed by atoms with van der Waals surface area (Å²) >= 11 is 0. The minimum atomic E-state index is -3.98. The molecule has 0 saturated carbocycles. The number of carbonyl (C=O) groups is 1. The van der Waals surface area contributed by atoms with Crippen LogP contribution in [0.15, 0.2) is 59.5 Å². The summed E-state index contributed by atoms with van der Waals surface area (Å²) in [6.45, 7) is 9.25. The predicted octanol–water partition coefficient (Wildman–Crippen LogP) is 6.63. The summed E-state index contributed by atoms with van der Waals surface area (Å²) in [7, 11) is -2.41. The Morgan fingerprint density at radius 3 is 2.30 bits per heavy atom. The molecule has 40 heavy (non-hydrogen) atoms. The van der Waals surface area contributed by atoms with Crippen molar-refractivity contribution >= 4 is 21.7 Å². The number of carboxylic acids is 1. The molecular weight excluding hydrogens is 538 g/mol. The lowest BCUT2D eigenvalue weighted by molar-refractivity contribution is 0.0692. The van der Waals surface area contributed by atoms with Crippen LogP contribution in [0, 0.1) is 23.5 Å². The molecule has 0 unspecified atom stereocenters. The van der Waals surface area contributed by atoms with Crippen molar-refractivity contribution < 1.29 is 31.8 Å². The Morgan fingerprint density at radius 2 is 1.70 bits per heavy atom. The van der Waals surface area contributed by atoms with Crippen LogP contribution in [0.1, 0.15) is 44.5 Å². The van der Waals surface area contributed by atoms with Gasteiger partial charge in [-0.25, -0.2) is 22.0 Å². The number of rotatable bonds is 8. The molecule has 1 N–H and O–H groups in total. The Bertz CT molecular complexity index is 1510. The van der Waals surface area contributed by atoms with Crippen LogP contribution in [0.3, 0.4) is 0 Å². The molecule has 214 valence electrons. The maximum Gasteiger partial charge on any atom is 0.338 e. The van der Waals surface area contributed by atoms with E-state index < -0.39 is 33.2 Å². The lowest BCUT2D eigenvalue weighted by Gasteiger charge is -2.31. The number of nitrogens with zero attached hydrogens (tertiary/aromatic N) is 2. The lowest BCUT2D eigenvalue weighted by Crippen LogP contribution is -2.43. The average molecular weight is 573 g/mol. The number of aromatic carboxylic acids is 1. The van der Waals surface area contributed by atoms with Crippen LogP contribution in [0.2, 0.25) is 0 Å². The van der Waals surface area contributed by atoms with E-state index in [2.05, 4.69) is 13.8 Å². The summed E-state index contributed by atoms with van der Waals surface area (Å²) in [5, 5.41) is 9.52. The first-order chi connectivity index (χ1) is 18.8. The highest BCUT2D eigenvalue weighted by Crippen LogP contribution is 2.44. The van der Waals surface area contributed by atoms with E-state index in [9.17, 15) is 27.1 Å². The number of likely N-dealkylation sites (N-methyl/N-ethyl adjacent to an activating group) is 1. The van der Waals surface area contributed by atoms with Gasteiger partial charge in [0.1, 0.15) is 28.0 Å². The summed E-state index contributed by atoms with van der Waals surface area (Å²) < 4.78 is 63.5. The molecule has 0 radical (unpaired) electrons. The SMILES string of the molecule is CC(C)C[C@@H]1CN(CC(C)C)c2cc(Oc3ccc(F)cc3)c(-c3ccc(F)c(C(=O)O)c3)cc2S(=O)(=O)N1C. The van der Waals surface area contributed by atoms with Gasteiger partial charge in [-0.2, -0.15) is 4.31 Å². The van der Waals surface area contributed by atoms with Gasteiger partial charge in [0.2, 0.25) is 10.0 Å². The molecule has 0 aliphatic carbocycles. The first-order valence-corrected chi connectivity index (χ1v) is 14.6. The van der Waals surface area contributed by atoms with Gasteiger partial charge in [0.25, 0.3) is 0 Å². The fraction of sp³-hybridized carbons (Fsp3) is 0.367. The highest BCUT2D eigenvalue weighted by molar-refractivity contribution is 7.89. The molecule has 0 bridgehead atoms. The van der Waals surface area contributed by atoms with Gasteiger partial charge in [0.15, 0.2) is 0 Å². The molecular formula is C30H34F2N2O5S. The van der Waals surface area contributed by atoms with Crippen LogP contribution in [0.5, 0.6) is 11.5 Å². The monoisotopic (exact) mass is 572 g/mol. The van der Waals surface area contributed by atoms with Gasteiger partial charge in [-0.15, -0.1) is 0 Å². The molecule has 0 saturated heterocycles. The molecule has 0 spiro atoms. The number of fused-ring (bicyclic) bond motifs is 1. The second-order valence-electron chi connectivity index (χ2n) is 11.0. The summed E-state index contributed by atoms with van der Waals surface area (Å²) in [5.41, 5.74) is 0.413. The van der Waals surface area contributed by atoms with Gasteiger partial charge in [-0.05, 0) is 66.3 Å². The fourth-order valence-corrected chi connectivity index (χ4v) is 6.57. The van der Waals surface area contributed by atoms with Crippen molar-refractivity contribution in [3.8, 4) is 22.6 Å². The van der Waals surface area contributed by atoms with Crippen molar-refractivity contribution in [2.75, 3.05) is 25.0 Å². The molecule has 1 atom stereocenters. The number of sulfonamides is 1. The summed E-state index contributed by atoms with van der Waals surface area (Å²) in [6, 6.07) is 11.7. The Labute approximate surface area is 234 Å². The topological polar surface area (TPSA) is 87.1 Å². The molecule has 0 fully saturated rings. The van der Waals surface area contributed by atoms with E-state index in [1.807, 2.05) is 18.7 Å². The van der Waals surface area contributed by atoms with Crippen molar-refractivity contribution in [3.63, 3.8) is 0 Å². The smallest absolute Gasteiger partial charge is 0.338 e. The third-order valence-corrected chi connectivity index (χ3v) is 8.82. The Balaban J connectivity index is 2.00. The van der Waals surface area contributed by atoms with Crippen LogP contribution >= 0.6 is 0 Å². The Hall–Kier alpha value is -3.50. The molecule has 3 aromatic carbocycles. The lowest BCUT2D eigenvalue weighted by atomic mass is 10.00. The third-order valence-electron chi connectivity index (χ3n) is 6.88. The van der Waals surface area contributed by atoms with Crippen LogP contribution in [-0.2, 0) is 10.0 Å². The number of hydrogen-bond donors (Lipinski definition) is 1. The minimum absolute atomic E-state index is 0.0459. The van der Waals surface area contributed by atoms with Crippen LogP contribution in [-0.4, -0.2) is 50.0 Å². The normalized spacial score (nSPS) is 17.1. The predicted molar refractivity (Wildman–Crippen MR) is 151 cm³/mol. The highest BCUT2D eigenvalue weighted by Gasteiger charge is 2.38. The number of hydrogen-bond acceptors (Lipinski definition) is 5. The first-order valence-electron chi connectivity index (χ1n) is 13.2. The van der Waals surface area contributed by atoms with Crippen molar-refractivity contribution in [3.05, 3.63) is 71.8 Å². The highest BCUT2D eigenvalue weighted by atomic mass is 32.2. The molecule has 1 heterocycles. The quantitative estimate of drug-likeness (QED) is 0.326. The Kier molecular flexibility index (Phi) is 8.51. The van der Waals surface area contributed by atoms with Crippen molar-refractivity contribution in [1.29, 1.82) is 0 Å². The number of halogens is 2. The molecule has 1 aliphatic heterocycles. The van der Waals surface area contributed by atoms with Crippen molar-refractivity contribution in [1.82, 2.24) is 4.31 Å². The van der Waals surface area contributed by atoms with E-state index in [1.54, 1.807) is 13.1 Å². The number of ether oxygens (including phenoxy) is 1. The fourth-order valence-electron chi connectivity index (χ4n) is 5.00. The standard InChI is InChI=1S/C30H34F2N2O5S/c1-18(2)12-22-17-34(16-19(3)4)27-15-28(39-23-9-7-21(31)8-10-23)24(14-29(27)40(37,38)33(22)5)20-6-11-26(32)25(13-20)30(35)36/h6-11,13-15,18-19,22H,12,16-17H2,1-5H3,(H,35,36)/t22-/m1/s1. The second-order valence-corrected chi connectivity index (χ2v) is 12.9. The zero-order valence-electron chi connectivity index (χ0n) is 23.2. The van der Waals surface area contributed by atoms with Crippen molar-refractivity contribution in [2.24, 2.45) is 11.8 Å². The van der Waals surface area contributed by atoms with Crippen LogP contribution in [0.25, 0.3) is 11.1 Å². The second kappa shape index (κ2) is 11.5. The number of benzene rings is 3. The molecule has 0 aromatic heterocycles. The van der Waals surface area contributed by atoms with Gasteiger partial charge >= 0.3 is 5.97 Å². The molecule has 3 aromatic rings. The largest absolute Gasteiger partial charge is 0.478 e. The van der Waals surface area contributed by atoms with Gasteiger partial charge < -0.3 is 14.7 Å². The molecule has 1 aliphatic rings. The van der Waals surface area contributed by atoms with Crippen LogP contribution in [0.4, 0.5) is 14.5 Å². The van der Waals surface area contributed by atoms with Crippen LogP contribution < -0.4 is 9.64 Å². The van der Waals surface area contributed by atoms with Gasteiger partial charge in [-0.1, -0.05) is 33.8 Å². The van der Waals surface area contributed by atoms with Gasteiger partial charge in [0, 0.05) is 37.8 Å². The van der Waals surface area contributed by atoms with E-state index in [-0.39, 0.29) is 39.6 Å². The summed E-state index contributed by atoms with van der Waals surface area (Å²) in [4.78, 5) is 13.8. The van der Waals surface area contributed by atoms with E-state index in [4.69, 9.17) is 4.74 Å². The maximum absolute atomic E-state index is 14.3. The maximum atomic E-state index is 14.3. The van der Waals surface area contributed by atoms with Gasteiger partial charge in [0.05, 0.1) is 11.3 Å². The number of anilines is 1. The van der Waals surface area contributed by atoms with E-state index in [1.165, 1.54) is 40.7 Å². The average Bonchev–Trinajstić information content (AvgIpc) is 2.94. The van der Waals surface area contributed by atoms with E-state index in [0.29, 0.717) is 30.9 Å². The summed E-state index contributed by atoms with van der Waals surface area (Å²) in [6.07, 6.45) is 0.657. The van der Waals surface area contributed by atoms with E-state index >= 15 is 0 Å². The summed E-state index contributed by atoms with van der Waals surface area (Å²) in [5.74, 6) is -1.83. The van der Waals surface area contributed by atoms with Crippen molar-refractivity contribution in [2.45, 2.75) is 45.1 Å². The molecule has 4 rings (SSSR count). The number of carboxylic acid groups (broad SMARTS) is 1. The van der Waals surface area contributed by atoms with Gasteiger partial charge in [-0.3, -0.25) is 0 Å². The first kappa shape index (κ1) is 29.5. The molecule has 7 nitrogen and oxygen atoms in total. The van der Waals surface area contributed by atoms with E-state index in [0.717, 1.165) is 12.1 Å². The Morgan fingerprint density at radius 1 is 1.02 bits per heavy atom. The minimum Gasteiger partial charge on any atom is -0.478 e. The zero-order valence-corrected chi connectivity index (χ0v) is 24.0. The third kappa shape index (κ3) is 6.13.